The number of aromatic nitrogens is 1. The summed E-state index contributed by atoms with van der Waals surface area (Å²) in [4.78, 5) is 16.5. The molecule has 1 aliphatic heterocycles. The molecule has 0 saturated carbocycles. The Balaban J connectivity index is 1.85. The Labute approximate surface area is 126 Å². The van der Waals surface area contributed by atoms with E-state index in [0.29, 0.717) is 17.3 Å². The van der Waals surface area contributed by atoms with Gasteiger partial charge < -0.3 is 16.0 Å². The molecule has 1 fully saturated rings. The fraction of sp³-hybridized carbons (Fsp3) is 0.625. The van der Waals surface area contributed by atoms with E-state index in [1.54, 1.807) is 12.3 Å². The zero-order chi connectivity index (χ0) is 15.1. The van der Waals surface area contributed by atoms with Crippen LogP contribution < -0.4 is 16.0 Å². The van der Waals surface area contributed by atoms with E-state index in [4.69, 9.17) is 0 Å². The minimum absolute atomic E-state index is 0.0463. The van der Waals surface area contributed by atoms with Crippen molar-refractivity contribution in [2.45, 2.75) is 39.2 Å². The molecule has 1 unspecified atom stereocenters. The Morgan fingerprint density at radius 1 is 1.52 bits per heavy atom. The average molecular weight is 290 g/mol. The smallest absolute Gasteiger partial charge is 0.255 e. The molecule has 1 amide bonds. The Bertz CT molecular complexity index is 455. The lowest BCUT2D eigenvalue weighted by molar-refractivity contribution is 0.0951. The highest BCUT2D eigenvalue weighted by atomic mass is 16.1. The lowest BCUT2D eigenvalue weighted by atomic mass is 9.96. The standard InChI is InChI=1S/C16H26N4O/c1-12(2)20-15-14(6-4-9-18-15)16(21)19-10-7-13-5-3-8-17-11-13/h4,6,9,12-13,17H,3,5,7-8,10-11H2,1-2H3,(H,18,20)(H,19,21). The van der Waals surface area contributed by atoms with Crippen LogP contribution in [-0.4, -0.2) is 36.6 Å². The second kappa shape index (κ2) is 7.98. The van der Waals surface area contributed by atoms with Crippen LogP contribution in [0.5, 0.6) is 0 Å². The van der Waals surface area contributed by atoms with Gasteiger partial charge in [0.25, 0.3) is 5.91 Å². The van der Waals surface area contributed by atoms with Crippen molar-refractivity contribution in [1.29, 1.82) is 0 Å². The Morgan fingerprint density at radius 2 is 2.38 bits per heavy atom. The first-order valence-corrected chi connectivity index (χ1v) is 7.87. The summed E-state index contributed by atoms with van der Waals surface area (Å²) < 4.78 is 0. The summed E-state index contributed by atoms with van der Waals surface area (Å²) in [5.41, 5.74) is 0.618. The molecule has 2 heterocycles. The topological polar surface area (TPSA) is 66.0 Å². The van der Waals surface area contributed by atoms with Crippen LogP contribution >= 0.6 is 0 Å². The highest BCUT2D eigenvalue weighted by molar-refractivity contribution is 5.98. The molecule has 2 rings (SSSR count). The van der Waals surface area contributed by atoms with Crippen molar-refractivity contribution in [3.05, 3.63) is 23.9 Å². The third-order valence-corrected chi connectivity index (χ3v) is 3.71. The molecule has 1 atom stereocenters. The molecule has 3 N–H and O–H groups in total. The number of rotatable bonds is 6. The van der Waals surface area contributed by atoms with Crippen molar-refractivity contribution < 1.29 is 4.79 Å². The number of nitrogens with one attached hydrogen (secondary N) is 3. The van der Waals surface area contributed by atoms with Crippen molar-refractivity contribution in [1.82, 2.24) is 15.6 Å². The molecule has 5 nitrogen and oxygen atoms in total. The first-order chi connectivity index (χ1) is 10.2. The highest BCUT2D eigenvalue weighted by Gasteiger charge is 2.15. The van der Waals surface area contributed by atoms with Gasteiger partial charge in [0, 0.05) is 18.8 Å². The van der Waals surface area contributed by atoms with Gasteiger partial charge in [0.05, 0.1) is 5.56 Å². The van der Waals surface area contributed by atoms with E-state index in [2.05, 4.69) is 20.9 Å². The van der Waals surface area contributed by atoms with Gasteiger partial charge in [-0.05, 0) is 64.3 Å². The maximum absolute atomic E-state index is 12.3. The molecule has 0 radical (unpaired) electrons. The number of carbonyl (C=O) groups excluding carboxylic acids is 1. The second-order valence-corrected chi connectivity index (χ2v) is 5.96. The summed E-state index contributed by atoms with van der Waals surface area (Å²) in [7, 11) is 0. The largest absolute Gasteiger partial charge is 0.367 e. The van der Waals surface area contributed by atoms with E-state index >= 15 is 0 Å². The molecular formula is C16H26N4O. The fourth-order valence-corrected chi connectivity index (χ4v) is 2.63. The highest BCUT2D eigenvalue weighted by Crippen LogP contribution is 2.14. The van der Waals surface area contributed by atoms with Crippen LogP contribution in [0, 0.1) is 5.92 Å². The average Bonchev–Trinajstić information content (AvgIpc) is 2.48. The molecule has 0 spiro atoms. The monoisotopic (exact) mass is 290 g/mol. The molecule has 1 aromatic rings. The van der Waals surface area contributed by atoms with Crippen LogP contribution in [0.3, 0.4) is 0 Å². The maximum Gasteiger partial charge on any atom is 0.255 e. The lowest BCUT2D eigenvalue weighted by Crippen LogP contribution is -2.33. The van der Waals surface area contributed by atoms with E-state index in [-0.39, 0.29) is 11.9 Å². The van der Waals surface area contributed by atoms with Gasteiger partial charge in [-0.15, -0.1) is 0 Å². The van der Waals surface area contributed by atoms with Crippen LogP contribution in [0.1, 0.15) is 43.5 Å². The van der Waals surface area contributed by atoms with Gasteiger partial charge in [-0.3, -0.25) is 4.79 Å². The van der Waals surface area contributed by atoms with Crippen molar-refractivity contribution in [2.24, 2.45) is 5.92 Å². The fourth-order valence-electron chi connectivity index (χ4n) is 2.63. The third-order valence-electron chi connectivity index (χ3n) is 3.71. The summed E-state index contributed by atoms with van der Waals surface area (Å²) in [5, 5.41) is 9.63. The number of anilines is 1. The SMILES string of the molecule is CC(C)Nc1ncccc1C(=O)NCCC1CCCNC1. The maximum atomic E-state index is 12.3. The Morgan fingerprint density at radius 3 is 3.10 bits per heavy atom. The van der Waals surface area contributed by atoms with E-state index in [0.717, 1.165) is 26.1 Å². The van der Waals surface area contributed by atoms with Gasteiger partial charge in [0.15, 0.2) is 0 Å². The van der Waals surface area contributed by atoms with E-state index in [1.807, 2.05) is 19.9 Å². The van der Waals surface area contributed by atoms with Gasteiger partial charge in [-0.1, -0.05) is 0 Å². The van der Waals surface area contributed by atoms with E-state index in [9.17, 15) is 4.79 Å². The summed E-state index contributed by atoms with van der Waals surface area (Å²) in [5.74, 6) is 1.29. The number of amides is 1. The molecule has 0 bridgehead atoms. The van der Waals surface area contributed by atoms with E-state index < -0.39 is 0 Å². The Hall–Kier alpha value is -1.62. The van der Waals surface area contributed by atoms with Crippen molar-refractivity contribution in [3.8, 4) is 0 Å². The number of nitrogens with zero attached hydrogens (tertiary/aromatic N) is 1. The first-order valence-electron chi connectivity index (χ1n) is 7.87. The van der Waals surface area contributed by atoms with Gasteiger partial charge >= 0.3 is 0 Å². The van der Waals surface area contributed by atoms with Crippen LogP contribution in [0.15, 0.2) is 18.3 Å². The number of piperidine rings is 1. The molecule has 1 aliphatic rings. The van der Waals surface area contributed by atoms with Crippen molar-refractivity contribution in [2.75, 3.05) is 25.0 Å². The third kappa shape index (κ3) is 5.01. The van der Waals surface area contributed by atoms with E-state index in [1.165, 1.54) is 12.8 Å². The van der Waals surface area contributed by atoms with Crippen LogP contribution in [0.25, 0.3) is 0 Å². The molecule has 116 valence electrons. The molecule has 5 heteroatoms. The van der Waals surface area contributed by atoms with Gasteiger partial charge in [0.2, 0.25) is 0 Å². The molecule has 1 saturated heterocycles. The summed E-state index contributed by atoms with van der Waals surface area (Å²) in [6.07, 6.45) is 5.24. The molecular weight excluding hydrogens is 264 g/mol. The van der Waals surface area contributed by atoms with Crippen LogP contribution in [-0.2, 0) is 0 Å². The summed E-state index contributed by atoms with van der Waals surface area (Å²) in [6.45, 7) is 6.99. The number of hydrogen-bond donors (Lipinski definition) is 3. The van der Waals surface area contributed by atoms with Crippen LogP contribution in [0.2, 0.25) is 0 Å². The zero-order valence-electron chi connectivity index (χ0n) is 13.0. The number of carbonyl (C=O) groups is 1. The van der Waals surface area contributed by atoms with Crippen molar-refractivity contribution >= 4 is 11.7 Å². The first kappa shape index (κ1) is 15.8. The lowest BCUT2D eigenvalue weighted by Gasteiger charge is -2.22. The minimum Gasteiger partial charge on any atom is -0.367 e. The Kier molecular flexibility index (Phi) is 5.99. The van der Waals surface area contributed by atoms with Gasteiger partial charge in [-0.2, -0.15) is 0 Å². The van der Waals surface area contributed by atoms with Gasteiger partial charge in [-0.25, -0.2) is 4.98 Å². The number of pyridine rings is 1. The summed E-state index contributed by atoms with van der Waals surface area (Å²) in [6, 6.07) is 3.86. The van der Waals surface area contributed by atoms with Gasteiger partial charge in [0.1, 0.15) is 5.82 Å². The normalized spacial score (nSPS) is 18.5. The summed E-state index contributed by atoms with van der Waals surface area (Å²) >= 11 is 0. The molecule has 0 aliphatic carbocycles. The predicted molar refractivity (Wildman–Crippen MR) is 85.5 cm³/mol. The quantitative estimate of drug-likeness (QED) is 0.750. The second-order valence-electron chi connectivity index (χ2n) is 5.96. The molecule has 0 aromatic carbocycles. The predicted octanol–water partition coefficient (Wildman–Crippen LogP) is 2.02. The molecule has 1 aromatic heterocycles. The van der Waals surface area contributed by atoms with Crippen molar-refractivity contribution in [3.63, 3.8) is 0 Å². The number of hydrogen-bond acceptors (Lipinski definition) is 4. The van der Waals surface area contributed by atoms with Crippen LogP contribution in [0.4, 0.5) is 5.82 Å². The zero-order valence-corrected chi connectivity index (χ0v) is 13.0. The minimum atomic E-state index is -0.0463. The molecule has 21 heavy (non-hydrogen) atoms.